The predicted octanol–water partition coefficient (Wildman–Crippen LogP) is 5.86. The van der Waals surface area contributed by atoms with Crippen molar-refractivity contribution in [2.75, 3.05) is 0 Å². The molecule has 1 aromatic heterocycles. The predicted molar refractivity (Wildman–Crippen MR) is 108 cm³/mol. The van der Waals surface area contributed by atoms with Crippen LogP contribution in [0.25, 0.3) is 10.9 Å². The fourth-order valence-electron chi connectivity index (χ4n) is 4.44. The van der Waals surface area contributed by atoms with Crippen LogP contribution >= 0.6 is 0 Å². The second-order valence-corrected chi connectivity index (χ2v) is 7.50. The molecule has 1 aliphatic heterocycles. The summed E-state index contributed by atoms with van der Waals surface area (Å²) in [5.74, 6) is 0. The smallest absolute Gasteiger partial charge is 0.357 e. The number of hydrogen-bond acceptors (Lipinski definition) is 1. The molecule has 2 heterocycles. The van der Waals surface area contributed by atoms with Crippen LogP contribution < -0.4 is 5.32 Å². The molecule has 0 saturated carbocycles. The van der Waals surface area contributed by atoms with Crippen molar-refractivity contribution in [1.29, 1.82) is 0 Å². The van der Waals surface area contributed by atoms with Crippen LogP contribution in [0.5, 0.6) is 0 Å². The highest BCUT2D eigenvalue weighted by Crippen LogP contribution is 2.49. The van der Waals surface area contributed by atoms with Gasteiger partial charge in [-0.3, -0.25) is 5.32 Å². The highest BCUT2D eigenvalue weighted by Gasteiger charge is 2.59. The van der Waals surface area contributed by atoms with Crippen LogP contribution in [-0.4, -0.2) is 11.2 Å². The van der Waals surface area contributed by atoms with Crippen LogP contribution in [-0.2, 0) is 12.0 Å². The van der Waals surface area contributed by atoms with Gasteiger partial charge >= 0.3 is 6.18 Å². The lowest BCUT2D eigenvalue weighted by Crippen LogP contribution is -2.59. The maximum absolute atomic E-state index is 14.7. The molecule has 0 spiro atoms. The van der Waals surface area contributed by atoms with E-state index < -0.39 is 17.8 Å². The van der Waals surface area contributed by atoms with Crippen LogP contribution in [0.3, 0.4) is 0 Å². The van der Waals surface area contributed by atoms with Gasteiger partial charge in [0.05, 0.1) is 6.04 Å². The average molecular weight is 392 g/mol. The van der Waals surface area contributed by atoms with E-state index >= 15 is 0 Å². The Morgan fingerprint density at radius 2 is 1.41 bits per heavy atom. The van der Waals surface area contributed by atoms with Crippen molar-refractivity contribution in [2.24, 2.45) is 0 Å². The first kappa shape index (κ1) is 18.0. The molecule has 5 heteroatoms. The van der Waals surface area contributed by atoms with Crippen LogP contribution in [0, 0.1) is 0 Å². The van der Waals surface area contributed by atoms with Gasteiger partial charge in [0, 0.05) is 23.0 Å². The van der Waals surface area contributed by atoms with Gasteiger partial charge < -0.3 is 4.98 Å². The molecule has 29 heavy (non-hydrogen) atoms. The van der Waals surface area contributed by atoms with Crippen LogP contribution in [0.2, 0.25) is 0 Å². The van der Waals surface area contributed by atoms with Gasteiger partial charge in [-0.25, -0.2) is 0 Å². The van der Waals surface area contributed by atoms with Crippen molar-refractivity contribution in [2.45, 2.75) is 24.2 Å². The lowest BCUT2D eigenvalue weighted by molar-refractivity contribution is -0.205. The third-order valence-electron chi connectivity index (χ3n) is 5.85. The fourth-order valence-corrected chi connectivity index (χ4v) is 4.44. The third-order valence-corrected chi connectivity index (χ3v) is 5.85. The minimum absolute atomic E-state index is 0.163. The quantitative estimate of drug-likeness (QED) is 0.439. The number of alkyl halides is 3. The summed E-state index contributed by atoms with van der Waals surface area (Å²) in [5, 5.41) is 3.84. The molecular weight excluding hydrogens is 373 g/mol. The summed E-state index contributed by atoms with van der Waals surface area (Å²) in [6.45, 7) is 0. The normalized spacial score (nSPS) is 21.8. The Balaban J connectivity index is 1.80. The van der Waals surface area contributed by atoms with Crippen molar-refractivity contribution in [3.05, 3.63) is 107 Å². The van der Waals surface area contributed by atoms with Crippen molar-refractivity contribution < 1.29 is 13.2 Å². The number of fused-ring (bicyclic) bond motifs is 3. The molecule has 0 saturated heterocycles. The molecule has 4 aromatic rings. The number of rotatable bonds is 2. The van der Waals surface area contributed by atoms with Crippen LogP contribution in [0.1, 0.15) is 28.4 Å². The summed E-state index contributed by atoms with van der Waals surface area (Å²) in [6, 6.07) is 24.4. The summed E-state index contributed by atoms with van der Waals surface area (Å²) >= 11 is 0. The molecule has 2 N–H and O–H groups in total. The van der Waals surface area contributed by atoms with E-state index in [0.717, 1.165) is 27.7 Å². The van der Waals surface area contributed by atoms with E-state index in [9.17, 15) is 13.2 Å². The van der Waals surface area contributed by atoms with Gasteiger partial charge in [0.1, 0.15) is 5.54 Å². The summed E-state index contributed by atoms with van der Waals surface area (Å²) in [5.41, 5.74) is 1.22. The zero-order valence-electron chi connectivity index (χ0n) is 15.5. The Morgan fingerprint density at radius 3 is 2.10 bits per heavy atom. The first-order valence-electron chi connectivity index (χ1n) is 9.54. The standard InChI is InChI=1S/C24H19F3N2/c25-24(26,27)23(17-11-5-2-6-12-17)15-19-18-13-7-8-14-20(18)28-22(19)21(29-23)16-9-3-1-4-10-16/h1-14,21,28-29H,15H2/t21-,23+/m0/s1. The van der Waals surface area contributed by atoms with Gasteiger partial charge in [-0.05, 0) is 22.8 Å². The highest BCUT2D eigenvalue weighted by atomic mass is 19.4. The zero-order chi connectivity index (χ0) is 20.1. The lowest BCUT2D eigenvalue weighted by atomic mass is 9.76. The van der Waals surface area contributed by atoms with Crippen LogP contribution in [0.15, 0.2) is 84.9 Å². The van der Waals surface area contributed by atoms with E-state index in [1.165, 1.54) is 0 Å². The number of hydrogen-bond donors (Lipinski definition) is 2. The van der Waals surface area contributed by atoms with E-state index in [0.29, 0.717) is 0 Å². The van der Waals surface area contributed by atoms with Crippen molar-refractivity contribution in [3.8, 4) is 0 Å². The largest absolute Gasteiger partial charge is 0.411 e. The number of aromatic nitrogens is 1. The third kappa shape index (κ3) is 2.76. The maximum atomic E-state index is 14.7. The number of H-pyrrole nitrogens is 1. The van der Waals surface area contributed by atoms with Gasteiger partial charge in [-0.15, -0.1) is 0 Å². The molecular formula is C24H19F3N2. The molecule has 0 fully saturated rings. The molecule has 3 aromatic carbocycles. The summed E-state index contributed by atoms with van der Waals surface area (Å²) in [4.78, 5) is 3.38. The molecule has 0 bridgehead atoms. The van der Waals surface area contributed by atoms with Crippen LogP contribution in [0.4, 0.5) is 13.2 Å². The maximum Gasteiger partial charge on any atom is 0.411 e. The molecule has 2 nitrogen and oxygen atoms in total. The van der Waals surface area contributed by atoms with Gasteiger partial charge in [0.25, 0.3) is 0 Å². The molecule has 2 atom stereocenters. The van der Waals surface area contributed by atoms with E-state index in [4.69, 9.17) is 0 Å². The first-order chi connectivity index (χ1) is 14.0. The molecule has 5 rings (SSSR count). The Hall–Kier alpha value is -3.05. The van der Waals surface area contributed by atoms with Gasteiger partial charge in [0.2, 0.25) is 0 Å². The highest BCUT2D eigenvalue weighted by molar-refractivity contribution is 5.85. The first-order valence-corrected chi connectivity index (χ1v) is 9.54. The molecule has 0 amide bonds. The minimum atomic E-state index is -4.47. The molecule has 0 unspecified atom stereocenters. The van der Waals surface area contributed by atoms with E-state index in [-0.39, 0.29) is 12.0 Å². The Kier molecular flexibility index (Phi) is 4.03. The minimum Gasteiger partial charge on any atom is -0.357 e. The fraction of sp³-hybridized carbons (Fsp3) is 0.167. The van der Waals surface area contributed by atoms with Crippen molar-refractivity contribution >= 4 is 10.9 Å². The van der Waals surface area contributed by atoms with E-state index in [2.05, 4.69) is 10.3 Å². The van der Waals surface area contributed by atoms with Gasteiger partial charge in [-0.1, -0.05) is 78.9 Å². The van der Waals surface area contributed by atoms with Gasteiger partial charge in [-0.2, -0.15) is 13.2 Å². The van der Waals surface area contributed by atoms with Gasteiger partial charge in [0.15, 0.2) is 0 Å². The molecule has 0 aliphatic carbocycles. The summed E-state index contributed by atoms with van der Waals surface area (Å²) in [6.07, 6.45) is -4.64. The Labute approximate surface area is 166 Å². The van der Waals surface area contributed by atoms with E-state index in [1.54, 1.807) is 30.3 Å². The Morgan fingerprint density at radius 1 is 0.793 bits per heavy atom. The molecule has 1 aliphatic rings. The topological polar surface area (TPSA) is 27.8 Å². The monoisotopic (exact) mass is 392 g/mol. The number of halogens is 3. The summed E-state index contributed by atoms with van der Waals surface area (Å²) < 4.78 is 44.1. The SMILES string of the molecule is FC(F)(F)[C@]1(c2ccccc2)Cc2c([nH]c3ccccc23)[C@H](c2ccccc2)N1. The van der Waals surface area contributed by atoms with Crippen molar-refractivity contribution in [3.63, 3.8) is 0 Å². The van der Waals surface area contributed by atoms with E-state index in [1.807, 2.05) is 54.6 Å². The van der Waals surface area contributed by atoms with Crippen molar-refractivity contribution in [1.82, 2.24) is 10.3 Å². The number of benzene rings is 3. The summed E-state index contributed by atoms with van der Waals surface area (Å²) in [7, 11) is 0. The second-order valence-electron chi connectivity index (χ2n) is 7.50. The molecule has 0 radical (unpaired) electrons. The number of nitrogens with one attached hydrogen (secondary N) is 2. The lowest BCUT2D eigenvalue weighted by Gasteiger charge is -2.44. The number of para-hydroxylation sites is 1. The second kappa shape index (κ2) is 6.49. The zero-order valence-corrected chi connectivity index (χ0v) is 15.5. The number of aromatic amines is 1. The average Bonchev–Trinajstić information content (AvgIpc) is 3.12. The Bertz CT molecular complexity index is 1150. The molecule has 146 valence electrons.